The molecular weight excluding hydrogens is 152 g/mol. The van der Waals surface area contributed by atoms with Gasteiger partial charge >= 0.3 is 0 Å². The van der Waals surface area contributed by atoms with Crippen LogP contribution in [-0.2, 0) is 4.79 Å². The van der Waals surface area contributed by atoms with Crippen molar-refractivity contribution in [2.75, 3.05) is 12.1 Å². The zero-order valence-electron chi connectivity index (χ0n) is 6.84. The molecule has 0 atom stereocenters. The van der Waals surface area contributed by atoms with Crippen LogP contribution in [0.15, 0.2) is 35.4 Å². The second kappa shape index (κ2) is 4.28. The highest BCUT2D eigenvalue weighted by molar-refractivity contribution is 6.13. The van der Waals surface area contributed by atoms with Crippen molar-refractivity contribution < 1.29 is 4.79 Å². The minimum Gasteiger partial charge on any atom is -0.297 e. The first-order chi connectivity index (χ1) is 5.84. The summed E-state index contributed by atoms with van der Waals surface area (Å²) >= 11 is 0. The van der Waals surface area contributed by atoms with Gasteiger partial charge in [-0.2, -0.15) is 5.10 Å². The zero-order valence-corrected chi connectivity index (χ0v) is 6.84. The molecule has 0 N–H and O–H groups in total. The topological polar surface area (TPSA) is 32.7 Å². The molecule has 0 aliphatic carbocycles. The number of rotatable bonds is 3. The van der Waals surface area contributed by atoms with Crippen molar-refractivity contribution in [3.63, 3.8) is 0 Å². The molecule has 0 unspecified atom stereocenters. The Morgan fingerprint density at radius 3 is 2.58 bits per heavy atom. The molecule has 0 fully saturated rings. The molecule has 12 heavy (non-hydrogen) atoms. The maximum Gasteiger partial charge on any atom is 0.162 e. The van der Waals surface area contributed by atoms with Gasteiger partial charge in [0, 0.05) is 7.05 Å². The second-order valence-corrected chi connectivity index (χ2v) is 2.26. The number of aldehydes is 1. The smallest absolute Gasteiger partial charge is 0.162 e. The average Bonchev–Trinajstić information content (AvgIpc) is 2.15. The summed E-state index contributed by atoms with van der Waals surface area (Å²) in [6, 6.07) is 9.61. The Labute approximate surface area is 71.3 Å². The van der Waals surface area contributed by atoms with Gasteiger partial charge in [-0.05, 0) is 12.1 Å². The van der Waals surface area contributed by atoms with Crippen molar-refractivity contribution in [3.05, 3.63) is 30.3 Å². The molecule has 1 aromatic rings. The molecule has 1 rings (SSSR count). The van der Waals surface area contributed by atoms with Crippen LogP contribution in [0.4, 0.5) is 5.69 Å². The van der Waals surface area contributed by atoms with Crippen LogP contribution < -0.4 is 5.01 Å². The van der Waals surface area contributed by atoms with Gasteiger partial charge in [-0.25, -0.2) is 0 Å². The molecule has 0 bridgehead atoms. The van der Waals surface area contributed by atoms with Gasteiger partial charge < -0.3 is 0 Å². The maximum atomic E-state index is 9.96. The van der Waals surface area contributed by atoms with Gasteiger partial charge in [0.15, 0.2) is 6.29 Å². The van der Waals surface area contributed by atoms with Crippen LogP contribution in [0.1, 0.15) is 0 Å². The molecule has 0 radical (unpaired) electrons. The molecule has 62 valence electrons. The number of carbonyl (C=O) groups is 1. The highest BCUT2D eigenvalue weighted by atomic mass is 16.1. The van der Waals surface area contributed by atoms with E-state index in [1.807, 2.05) is 30.3 Å². The van der Waals surface area contributed by atoms with Crippen molar-refractivity contribution in [1.29, 1.82) is 0 Å². The Bertz CT molecular complexity index is 269. The molecule has 0 aliphatic rings. The molecule has 0 aromatic heterocycles. The van der Waals surface area contributed by atoms with Crippen LogP contribution in [0.3, 0.4) is 0 Å². The highest BCUT2D eigenvalue weighted by Gasteiger charge is 1.93. The molecule has 1 aromatic carbocycles. The number of hydrogen-bond donors (Lipinski definition) is 0. The fraction of sp³-hybridized carbons (Fsp3) is 0.111. The predicted molar refractivity (Wildman–Crippen MR) is 49.4 cm³/mol. The fourth-order valence-corrected chi connectivity index (χ4v) is 0.838. The van der Waals surface area contributed by atoms with Gasteiger partial charge in [-0.15, -0.1) is 0 Å². The van der Waals surface area contributed by atoms with Gasteiger partial charge in [-0.1, -0.05) is 18.2 Å². The first-order valence-electron chi connectivity index (χ1n) is 3.61. The van der Waals surface area contributed by atoms with Crippen LogP contribution in [0.5, 0.6) is 0 Å². The third-order valence-electron chi connectivity index (χ3n) is 1.43. The number of benzene rings is 1. The lowest BCUT2D eigenvalue weighted by atomic mass is 10.3. The van der Waals surface area contributed by atoms with Gasteiger partial charge in [0.1, 0.15) is 0 Å². The fourth-order valence-electron chi connectivity index (χ4n) is 0.838. The molecule has 3 heteroatoms. The van der Waals surface area contributed by atoms with Crippen molar-refractivity contribution in [2.24, 2.45) is 5.10 Å². The SMILES string of the molecule is CN(/N=C/C=O)c1ccccc1. The van der Waals surface area contributed by atoms with Gasteiger partial charge in [0.25, 0.3) is 0 Å². The molecule has 0 saturated carbocycles. The Balaban J connectivity index is 2.71. The number of hydrogen-bond acceptors (Lipinski definition) is 3. The van der Waals surface area contributed by atoms with E-state index in [1.54, 1.807) is 12.1 Å². The van der Waals surface area contributed by atoms with Crippen LogP contribution in [-0.4, -0.2) is 19.5 Å². The second-order valence-electron chi connectivity index (χ2n) is 2.26. The Morgan fingerprint density at radius 2 is 2.00 bits per heavy atom. The van der Waals surface area contributed by atoms with E-state index < -0.39 is 0 Å². The van der Waals surface area contributed by atoms with Gasteiger partial charge in [0.05, 0.1) is 11.9 Å². The van der Waals surface area contributed by atoms with Crippen molar-refractivity contribution in [1.82, 2.24) is 0 Å². The third-order valence-corrected chi connectivity index (χ3v) is 1.43. The van der Waals surface area contributed by atoms with E-state index in [0.29, 0.717) is 6.29 Å². The van der Waals surface area contributed by atoms with Crippen LogP contribution >= 0.6 is 0 Å². The molecule has 0 spiro atoms. The lowest BCUT2D eigenvalue weighted by Crippen LogP contribution is -2.08. The average molecular weight is 162 g/mol. The maximum absolute atomic E-state index is 9.96. The van der Waals surface area contributed by atoms with E-state index in [0.717, 1.165) is 5.69 Å². The van der Waals surface area contributed by atoms with E-state index in [4.69, 9.17) is 0 Å². The number of para-hydroxylation sites is 1. The van der Waals surface area contributed by atoms with Crippen LogP contribution in [0.25, 0.3) is 0 Å². The molecule has 3 nitrogen and oxygen atoms in total. The van der Waals surface area contributed by atoms with E-state index in [2.05, 4.69) is 5.10 Å². The van der Waals surface area contributed by atoms with Gasteiger partial charge in [0.2, 0.25) is 0 Å². The number of hydrazone groups is 1. The normalized spacial score (nSPS) is 10.1. The molecule has 0 heterocycles. The minimum atomic E-state index is 0.652. The molecular formula is C9H10N2O. The van der Waals surface area contributed by atoms with Crippen LogP contribution in [0.2, 0.25) is 0 Å². The number of carbonyl (C=O) groups excluding carboxylic acids is 1. The summed E-state index contributed by atoms with van der Waals surface area (Å²) in [6.45, 7) is 0. The first kappa shape index (κ1) is 8.46. The summed E-state index contributed by atoms with van der Waals surface area (Å²) < 4.78 is 0. The summed E-state index contributed by atoms with van der Waals surface area (Å²) in [5.41, 5.74) is 0.954. The van der Waals surface area contributed by atoms with Crippen molar-refractivity contribution in [3.8, 4) is 0 Å². The first-order valence-corrected chi connectivity index (χ1v) is 3.61. The van der Waals surface area contributed by atoms with Crippen molar-refractivity contribution in [2.45, 2.75) is 0 Å². The Kier molecular flexibility index (Phi) is 3.02. The van der Waals surface area contributed by atoms with Gasteiger partial charge in [-0.3, -0.25) is 9.80 Å². The Hall–Kier alpha value is -1.64. The standard InChI is InChI=1S/C9H10N2O/c1-11(10-7-8-12)9-5-3-2-4-6-9/h2-8H,1H3/b10-7+. The molecule has 0 aliphatic heterocycles. The summed E-state index contributed by atoms with van der Waals surface area (Å²) in [5.74, 6) is 0. The summed E-state index contributed by atoms with van der Waals surface area (Å²) in [4.78, 5) is 9.96. The quantitative estimate of drug-likeness (QED) is 0.381. The summed E-state index contributed by atoms with van der Waals surface area (Å²) in [7, 11) is 1.79. The summed E-state index contributed by atoms with van der Waals surface area (Å²) in [6.07, 6.45) is 1.87. The van der Waals surface area contributed by atoms with E-state index >= 15 is 0 Å². The highest BCUT2D eigenvalue weighted by Crippen LogP contribution is 2.09. The zero-order chi connectivity index (χ0) is 8.81. The number of nitrogens with zero attached hydrogens (tertiary/aromatic N) is 2. The van der Waals surface area contributed by atoms with Crippen LogP contribution in [0, 0.1) is 0 Å². The van der Waals surface area contributed by atoms with E-state index in [1.165, 1.54) is 6.21 Å². The third kappa shape index (κ3) is 2.20. The Morgan fingerprint density at radius 1 is 1.33 bits per heavy atom. The molecule has 0 amide bonds. The minimum absolute atomic E-state index is 0.652. The molecule has 0 saturated heterocycles. The monoisotopic (exact) mass is 162 g/mol. The lowest BCUT2D eigenvalue weighted by Gasteiger charge is -2.10. The number of anilines is 1. The van der Waals surface area contributed by atoms with Crippen molar-refractivity contribution >= 4 is 18.2 Å². The summed E-state index contributed by atoms with van der Waals surface area (Å²) in [5, 5.41) is 5.49. The largest absolute Gasteiger partial charge is 0.297 e. The lowest BCUT2D eigenvalue weighted by molar-refractivity contribution is -0.102. The predicted octanol–water partition coefficient (Wildman–Crippen LogP) is 1.31. The van der Waals surface area contributed by atoms with E-state index in [-0.39, 0.29) is 0 Å². The van der Waals surface area contributed by atoms with E-state index in [9.17, 15) is 4.79 Å².